The molecule has 0 spiro atoms. The van der Waals surface area contributed by atoms with E-state index < -0.39 is 10.8 Å². The summed E-state index contributed by atoms with van der Waals surface area (Å²) in [5, 5.41) is 17.6. The highest BCUT2D eigenvalue weighted by Crippen LogP contribution is 2.26. The number of aromatic nitrogens is 1. The van der Waals surface area contributed by atoms with Gasteiger partial charge in [-0.25, -0.2) is 0 Å². The number of amides is 1. The number of anilines is 1. The van der Waals surface area contributed by atoms with Crippen molar-refractivity contribution in [3.8, 4) is 5.75 Å². The Morgan fingerprint density at radius 3 is 2.50 bits per heavy atom. The fraction of sp³-hybridized carbons (Fsp3) is 0.200. The molecule has 0 radical (unpaired) electrons. The molecule has 1 aromatic heterocycles. The van der Waals surface area contributed by atoms with Gasteiger partial charge in [0, 0.05) is 6.07 Å². The first-order valence-corrected chi connectivity index (χ1v) is 8.56. The molecule has 1 amide bonds. The van der Waals surface area contributed by atoms with E-state index in [2.05, 4.69) is 10.5 Å². The molecule has 0 atom stereocenters. The zero-order valence-corrected chi connectivity index (χ0v) is 15.7. The van der Waals surface area contributed by atoms with E-state index in [-0.39, 0.29) is 23.7 Å². The Bertz CT molecular complexity index is 1020. The Morgan fingerprint density at radius 2 is 1.82 bits per heavy atom. The number of hydrogen-bond donors (Lipinski definition) is 1. The largest absolute Gasteiger partial charge is 0.489 e. The average molecular weight is 381 g/mol. The Morgan fingerprint density at radius 1 is 1.14 bits per heavy atom. The van der Waals surface area contributed by atoms with Crippen molar-refractivity contribution >= 4 is 17.3 Å². The maximum Gasteiger partial charge on any atom is 0.293 e. The Hall–Kier alpha value is -3.68. The second-order valence-electron chi connectivity index (χ2n) is 6.40. The van der Waals surface area contributed by atoms with E-state index in [0.717, 1.165) is 5.56 Å². The third kappa shape index (κ3) is 4.17. The zero-order valence-electron chi connectivity index (χ0n) is 15.7. The van der Waals surface area contributed by atoms with Gasteiger partial charge in [0.1, 0.15) is 23.8 Å². The molecule has 0 bridgehead atoms. The van der Waals surface area contributed by atoms with Crippen molar-refractivity contribution < 1.29 is 19.0 Å². The summed E-state index contributed by atoms with van der Waals surface area (Å²) in [5.74, 6) is 0.480. The predicted molar refractivity (Wildman–Crippen MR) is 103 cm³/mol. The summed E-state index contributed by atoms with van der Waals surface area (Å²) in [4.78, 5) is 23.4. The molecule has 0 aliphatic heterocycles. The van der Waals surface area contributed by atoms with E-state index in [9.17, 15) is 14.9 Å². The van der Waals surface area contributed by atoms with Gasteiger partial charge in [0.25, 0.3) is 11.6 Å². The quantitative estimate of drug-likeness (QED) is 0.503. The van der Waals surface area contributed by atoms with Crippen LogP contribution in [0, 0.1) is 30.9 Å². The molecular weight excluding hydrogens is 362 g/mol. The van der Waals surface area contributed by atoms with Gasteiger partial charge in [0.2, 0.25) is 0 Å². The molecular formula is C20H19N3O5. The summed E-state index contributed by atoms with van der Waals surface area (Å²) in [7, 11) is 0. The Kier molecular flexibility index (Phi) is 5.39. The Labute approximate surface area is 161 Å². The van der Waals surface area contributed by atoms with Crippen LogP contribution in [0.5, 0.6) is 5.75 Å². The molecule has 0 saturated carbocycles. The molecule has 0 unspecified atom stereocenters. The van der Waals surface area contributed by atoms with Crippen LogP contribution < -0.4 is 10.1 Å². The molecule has 8 heteroatoms. The third-order valence-corrected chi connectivity index (χ3v) is 4.20. The van der Waals surface area contributed by atoms with Crippen LogP contribution in [0.15, 0.2) is 47.0 Å². The zero-order chi connectivity index (χ0) is 20.3. The van der Waals surface area contributed by atoms with Crippen LogP contribution in [0.4, 0.5) is 11.4 Å². The van der Waals surface area contributed by atoms with Gasteiger partial charge >= 0.3 is 0 Å². The van der Waals surface area contributed by atoms with Gasteiger partial charge in [0.05, 0.1) is 10.5 Å². The molecule has 3 rings (SSSR count). The monoisotopic (exact) mass is 381 g/mol. The second-order valence-corrected chi connectivity index (χ2v) is 6.40. The number of nitro benzene ring substituents is 1. The van der Waals surface area contributed by atoms with Crippen molar-refractivity contribution in [1.82, 2.24) is 5.16 Å². The Balaban J connectivity index is 1.80. The van der Waals surface area contributed by atoms with E-state index in [1.807, 2.05) is 31.2 Å². The standard InChI is InChI=1S/C20H19N3O5/c1-12-4-7-15(8-5-12)27-11-16-14(3)28-22-19(16)20(24)21-17-9-6-13(2)10-18(17)23(25)26/h4-10H,11H2,1-3H3,(H,21,24). The van der Waals surface area contributed by atoms with Crippen molar-refractivity contribution in [3.63, 3.8) is 0 Å². The fourth-order valence-corrected chi connectivity index (χ4v) is 2.61. The number of rotatable bonds is 6. The molecule has 28 heavy (non-hydrogen) atoms. The molecule has 1 N–H and O–H groups in total. The van der Waals surface area contributed by atoms with Crippen LogP contribution in [0.25, 0.3) is 0 Å². The number of benzene rings is 2. The summed E-state index contributed by atoms with van der Waals surface area (Å²) in [6.07, 6.45) is 0. The van der Waals surface area contributed by atoms with Crippen LogP contribution in [0.2, 0.25) is 0 Å². The number of ether oxygens (including phenoxy) is 1. The summed E-state index contributed by atoms with van der Waals surface area (Å²) in [5.41, 5.74) is 2.23. The topological polar surface area (TPSA) is 108 Å². The average Bonchev–Trinajstić information content (AvgIpc) is 3.03. The lowest BCUT2D eigenvalue weighted by Gasteiger charge is -2.08. The highest BCUT2D eigenvalue weighted by Gasteiger charge is 2.23. The SMILES string of the molecule is Cc1ccc(OCc2c(C(=O)Nc3ccc(C)cc3[N+](=O)[O-])noc2C)cc1. The molecule has 0 fully saturated rings. The molecule has 144 valence electrons. The van der Waals surface area contributed by atoms with Crippen LogP contribution >= 0.6 is 0 Å². The van der Waals surface area contributed by atoms with Crippen molar-refractivity contribution in [1.29, 1.82) is 0 Å². The molecule has 3 aromatic rings. The smallest absolute Gasteiger partial charge is 0.293 e. The minimum Gasteiger partial charge on any atom is -0.489 e. The van der Waals surface area contributed by atoms with Crippen molar-refractivity contribution in [2.45, 2.75) is 27.4 Å². The first kappa shape index (κ1) is 19.1. The van der Waals surface area contributed by atoms with E-state index >= 15 is 0 Å². The number of carbonyl (C=O) groups excluding carboxylic acids is 1. The molecule has 8 nitrogen and oxygen atoms in total. The highest BCUT2D eigenvalue weighted by atomic mass is 16.6. The van der Waals surface area contributed by atoms with Crippen LogP contribution in [0.3, 0.4) is 0 Å². The lowest BCUT2D eigenvalue weighted by Crippen LogP contribution is -2.16. The summed E-state index contributed by atoms with van der Waals surface area (Å²) in [6, 6.07) is 12.0. The lowest BCUT2D eigenvalue weighted by molar-refractivity contribution is -0.384. The first-order valence-electron chi connectivity index (χ1n) is 8.56. The first-order chi connectivity index (χ1) is 13.3. The van der Waals surface area contributed by atoms with E-state index in [4.69, 9.17) is 9.26 Å². The molecule has 0 aliphatic carbocycles. The minimum atomic E-state index is -0.605. The van der Waals surface area contributed by atoms with Crippen molar-refractivity contribution in [2.75, 3.05) is 5.32 Å². The number of aryl methyl sites for hydroxylation is 3. The number of nitrogens with one attached hydrogen (secondary N) is 1. The van der Waals surface area contributed by atoms with Crippen molar-refractivity contribution in [2.24, 2.45) is 0 Å². The van der Waals surface area contributed by atoms with Gasteiger partial charge in [-0.2, -0.15) is 0 Å². The fourth-order valence-electron chi connectivity index (χ4n) is 2.61. The number of nitro groups is 1. The lowest BCUT2D eigenvalue weighted by atomic mass is 10.1. The normalized spacial score (nSPS) is 10.5. The van der Waals surface area contributed by atoms with E-state index in [0.29, 0.717) is 22.6 Å². The van der Waals surface area contributed by atoms with Crippen LogP contribution in [-0.4, -0.2) is 16.0 Å². The number of carbonyl (C=O) groups is 1. The van der Waals surface area contributed by atoms with Gasteiger partial charge in [-0.15, -0.1) is 0 Å². The minimum absolute atomic E-state index is 0.0273. The predicted octanol–water partition coefficient (Wildman–Crippen LogP) is 4.34. The van der Waals surface area contributed by atoms with Gasteiger partial charge in [-0.05, 0) is 44.5 Å². The number of nitrogens with zero attached hydrogens (tertiary/aromatic N) is 2. The third-order valence-electron chi connectivity index (χ3n) is 4.20. The summed E-state index contributed by atoms with van der Waals surface area (Å²) in [6.45, 7) is 5.46. The van der Waals surface area contributed by atoms with E-state index in [1.54, 1.807) is 19.9 Å². The molecule has 0 aliphatic rings. The van der Waals surface area contributed by atoms with Crippen LogP contribution in [0.1, 0.15) is 32.9 Å². The maximum atomic E-state index is 12.7. The van der Waals surface area contributed by atoms with Gasteiger partial charge in [-0.3, -0.25) is 14.9 Å². The summed E-state index contributed by atoms with van der Waals surface area (Å²) < 4.78 is 10.9. The van der Waals surface area contributed by atoms with Gasteiger partial charge in [0.15, 0.2) is 5.69 Å². The second kappa shape index (κ2) is 7.91. The van der Waals surface area contributed by atoms with Crippen molar-refractivity contribution in [3.05, 3.63) is 80.7 Å². The van der Waals surface area contributed by atoms with E-state index in [1.165, 1.54) is 12.1 Å². The molecule has 2 aromatic carbocycles. The van der Waals surface area contributed by atoms with Gasteiger partial charge < -0.3 is 14.6 Å². The molecule has 1 heterocycles. The summed E-state index contributed by atoms with van der Waals surface area (Å²) >= 11 is 0. The highest BCUT2D eigenvalue weighted by molar-refractivity contribution is 6.05. The van der Waals surface area contributed by atoms with Gasteiger partial charge in [-0.1, -0.05) is 28.9 Å². The number of hydrogen-bond acceptors (Lipinski definition) is 6. The van der Waals surface area contributed by atoms with Crippen LogP contribution in [-0.2, 0) is 6.61 Å². The molecule has 0 saturated heterocycles. The maximum absolute atomic E-state index is 12.7.